The molecule has 0 spiro atoms. The second kappa shape index (κ2) is 3.75. The van der Waals surface area contributed by atoms with Gasteiger partial charge in [-0.05, 0) is 19.3 Å². The highest BCUT2D eigenvalue weighted by molar-refractivity contribution is 6.31. The molecule has 0 atom stereocenters. The minimum atomic E-state index is -0.437. The lowest BCUT2D eigenvalue weighted by Gasteiger charge is -2.23. The summed E-state index contributed by atoms with van der Waals surface area (Å²) in [5, 5.41) is 0.0634. The zero-order valence-electron chi connectivity index (χ0n) is 9.26. The van der Waals surface area contributed by atoms with Gasteiger partial charge in [-0.25, -0.2) is 4.39 Å². The number of fused-ring (bicyclic) bond motifs is 1. The van der Waals surface area contributed by atoms with Crippen LogP contribution >= 0.6 is 11.6 Å². The summed E-state index contributed by atoms with van der Waals surface area (Å²) >= 11 is 5.85. The average Bonchev–Trinajstić information content (AvgIpc) is 3.03. The van der Waals surface area contributed by atoms with E-state index in [9.17, 15) is 4.39 Å². The number of rotatable bonds is 2. The molecule has 1 aliphatic carbocycles. The average molecular weight is 258 g/mol. The minimum Gasteiger partial charge on any atom is -0.486 e. The lowest BCUT2D eigenvalue weighted by Crippen LogP contribution is -2.26. The Kier molecular flexibility index (Phi) is 2.45. The number of benzene rings is 1. The van der Waals surface area contributed by atoms with Crippen molar-refractivity contribution in [1.29, 1.82) is 0 Å². The molecule has 1 fully saturated rings. The topological polar surface area (TPSA) is 44.5 Å². The largest absolute Gasteiger partial charge is 0.486 e. The highest BCUT2D eigenvalue weighted by Gasteiger charge is 2.40. The molecule has 1 heterocycles. The first-order valence-corrected chi connectivity index (χ1v) is 6.02. The Labute approximate surface area is 104 Å². The Morgan fingerprint density at radius 1 is 1.35 bits per heavy atom. The molecular weight excluding hydrogens is 245 g/mol. The molecule has 1 aliphatic heterocycles. The molecule has 2 aliphatic rings. The van der Waals surface area contributed by atoms with Crippen molar-refractivity contribution in [2.75, 3.05) is 13.2 Å². The number of hydrogen-bond acceptors (Lipinski definition) is 3. The fourth-order valence-corrected chi connectivity index (χ4v) is 2.26. The van der Waals surface area contributed by atoms with Crippen molar-refractivity contribution in [3.63, 3.8) is 0 Å². The summed E-state index contributed by atoms with van der Waals surface area (Å²) in [4.78, 5) is 0. The number of halogens is 2. The van der Waals surface area contributed by atoms with Gasteiger partial charge in [0.2, 0.25) is 0 Å². The standard InChI is InChI=1S/C12H13ClFNO2/c13-8-5-9-11(17-4-3-16-9)7(10(8)14)6-12(15)1-2-12/h5H,1-4,6,15H2. The van der Waals surface area contributed by atoms with E-state index in [0.29, 0.717) is 36.7 Å². The van der Waals surface area contributed by atoms with Crippen molar-refractivity contribution >= 4 is 11.6 Å². The first-order chi connectivity index (χ1) is 8.09. The van der Waals surface area contributed by atoms with Gasteiger partial charge in [0.05, 0.1) is 5.02 Å². The van der Waals surface area contributed by atoms with Gasteiger partial charge in [0.15, 0.2) is 11.5 Å². The van der Waals surface area contributed by atoms with Crippen LogP contribution in [0.4, 0.5) is 4.39 Å². The van der Waals surface area contributed by atoms with E-state index in [0.717, 1.165) is 12.8 Å². The highest BCUT2D eigenvalue weighted by Crippen LogP contribution is 2.44. The van der Waals surface area contributed by atoms with E-state index in [-0.39, 0.29) is 10.6 Å². The maximum atomic E-state index is 14.0. The van der Waals surface area contributed by atoms with Crippen LogP contribution in [0.2, 0.25) is 5.02 Å². The molecule has 0 bridgehead atoms. The summed E-state index contributed by atoms with van der Waals surface area (Å²) in [6.07, 6.45) is 2.27. The molecule has 92 valence electrons. The molecule has 17 heavy (non-hydrogen) atoms. The lowest BCUT2D eigenvalue weighted by atomic mass is 10.0. The molecule has 0 amide bonds. The van der Waals surface area contributed by atoms with Crippen molar-refractivity contribution in [3.05, 3.63) is 22.5 Å². The monoisotopic (exact) mass is 257 g/mol. The van der Waals surface area contributed by atoms with Crippen LogP contribution in [0.5, 0.6) is 11.5 Å². The van der Waals surface area contributed by atoms with Crippen molar-refractivity contribution in [3.8, 4) is 11.5 Å². The molecule has 0 aromatic heterocycles. The van der Waals surface area contributed by atoms with Gasteiger partial charge in [0, 0.05) is 17.2 Å². The fraction of sp³-hybridized carbons (Fsp3) is 0.500. The number of hydrogen-bond donors (Lipinski definition) is 1. The molecule has 3 nitrogen and oxygen atoms in total. The Morgan fingerprint density at radius 2 is 2.06 bits per heavy atom. The Morgan fingerprint density at radius 3 is 2.76 bits per heavy atom. The van der Waals surface area contributed by atoms with Crippen molar-refractivity contribution in [2.24, 2.45) is 5.73 Å². The molecule has 0 saturated heterocycles. The van der Waals surface area contributed by atoms with Crippen molar-refractivity contribution in [1.82, 2.24) is 0 Å². The highest BCUT2D eigenvalue weighted by atomic mass is 35.5. The molecule has 1 aromatic rings. The summed E-state index contributed by atoms with van der Waals surface area (Å²) in [7, 11) is 0. The fourth-order valence-electron chi connectivity index (χ4n) is 2.04. The number of nitrogens with two attached hydrogens (primary N) is 1. The Balaban J connectivity index is 2.06. The predicted molar refractivity (Wildman–Crippen MR) is 62.3 cm³/mol. The van der Waals surface area contributed by atoms with Crippen molar-refractivity contribution < 1.29 is 13.9 Å². The van der Waals surface area contributed by atoms with Crippen LogP contribution in [0.1, 0.15) is 18.4 Å². The molecule has 0 radical (unpaired) electrons. The van der Waals surface area contributed by atoms with E-state index in [1.54, 1.807) is 0 Å². The van der Waals surface area contributed by atoms with Crippen LogP contribution in [-0.2, 0) is 6.42 Å². The van der Waals surface area contributed by atoms with Crippen LogP contribution in [-0.4, -0.2) is 18.8 Å². The van der Waals surface area contributed by atoms with Gasteiger partial charge < -0.3 is 15.2 Å². The molecule has 0 unspecified atom stereocenters. The van der Waals surface area contributed by atoms with Crippen LogP contribution in [0.25, 0.3) is 0 Å². The van der Waals surface area contributed by atoms with Crippen LogP contribution < -0.4 is 15.2 Å². The third kappa shape index (κ3) is 1.96. The Bertz CT molecular complexity index is 474. The van der Waals surface area contributed by atoms with Gasteiger partial charge in [-0.3, -0.25) is 0 Å². The third-order valence-electron chi connectivity index (χ3n) is 3.24. The normalized spacial score (nSPS) is 20.2. The first-order valence-electron chi connectivity index (χ1n) is 5.64. The van der Waals surface area contributed by atoms with Gasteiger partial charge in [-0.2, -0.15) is 0 Å². The van der Waals surface area contributed by atoms with Crippen LogP contribution in [0.15, 0.2) is 6.07 Å². The SMILES string of the molecule is NC1(Cc2c(F)c(Cl)cc3c2OCCO3)CC1. The first kappa shape index (κ1) is 11.1. The van der Waals surface area contributed by atoms with Gasteiger partial charge >= 0.3 is 0 Å². The van der Waals surface area contributed by atoms with Gasteiger partial charge in [0.1, 0.15) is 19.0 Å². The summed E-state index contributed by atoms with van der Waals surface area (Å²) in [6.45, 7) is 0.890. The summed E-state index contributed by atoms with van der Waals surface area (Å²) in [5.41, 5.74) is 6.18. The molecule has 5 heteroatoms. The van der Waals surface area contributed by atoms with Gasteiger partial charge in [0.25, 0.3) is 0 Å². The smallest absolute Gasteiger partial charge is 0.167 e. The van der Waals surface area contributed by atoms with E-state index in [2.05, 4.69) is 0 Å². The third-order valence-corrected chi connectivity index (χ3v) is 3.51. The second-order valence-electron chi connectivity index (χ2n) is 4.71. The van der Waals surface area contributed by atoms with E-state index >= 15 is 0 Å². The van der Waals surface area contributed by atoms with E-state index in [1.165, 1.54) is 6.07 Å². The summed E-state index contributed by atoms with van der Waals surface area (Å²) < 4.78 is 24.9. The second-order valence-corrected chi connectivity index (χ2v) is 5.12. The predicted octanol–water partition coefficient (Wildman–Crippen LogP) is 2.28. The quantitative estimate of drug-likeness (QED) is 0.884. The van der Waals surface area contributed by atoms with E-state index in [4.69, 9.17) is 26.8 Å². The molecule has 1 aromatic carbocycles. The number of ether oxygens (including phenoxy) is 2. The van der Waals surface area contributed by atoms with Crippen LogP contribution in [0, 0.1) is 5.82 Å². The van der Waals surface area contributed by atoms with Gasteiger partial charge in [-0.1, -0.05) is 11.6 Å². The summed E-state index contributed by atoms with van der Waals surface area (Å²) in [6, 6.07) is 1.46. The van der Waals surface area contributed by atoms with Crippen molar-refractivity contribution in [2.45, 2.75) is 24.8 Å². The molecule has 3 rings (SSSR count). The van der Waals surface area contributed by atoms with Gasteiger partial charge in [-0.15, -0.1) is 0 Å². The minimum absolute atomic E-state index is 0.0634. The Hall–Kier alpha value is -1.00. The zero-order valence-corrected chi connectivity index (χ0v) is 10.0. The summed E-state index contributed by atoms with van der Waals surface area (Å²) in [5.74, 6) is 0.546. The van der Waals surface area contributed by atoms with E-state index < -0.39 is 5.82 Å². The molecular formula is C12H13ClFNO2. The molecule has 2 N–H and O–H groups in total. The maximum Gasteiger partial charge on any atom is 0.167 e. The van der Waals surface area contributed by atoms with E-state index in [1.807, 2.05) is 0 Å². The maximum absolute atomic E-state index is 14.0. The zero-order chi connectivity index (χ0) is 12.0. The van der Waals surface area contributed by atoms with Crippen LogP contribution in [0.3, 0.4) is 0 Å². The molecule has 1 saturated carbocycles. The lowest BCUT2D eigenvalue weighted by molar-refractivity contribution is 0.168.